The molecule has 21 heavy (non-hydrogen) atoms. The third kappa shape index (κ3) is 4.19. The second-order valence-electron chi connectivity index (χ2n) is 6.15. The Morgan fingerprint density at radius 2 is 2.00 bits per heavy atom. The minimum absolute atomic E-state index is 0.180. The van der Waals surface area contributed by atoms with Crippen molar-refractivity contribution in [3.05, 3.63) is 22.8 Å². The first-order valence-electron chi connectivity index (χ1n) is 7.69. The lowest BCUT2D eigenvalue weighted by atomic mass is 9.77. The van der Waals surface area contributed by atoms with Crippen LogP contribution in [0.4, 0.5) is 4.79 Å². The summed E-state index contributed by atoms with van der Waals surface area (Å²) in [5.74, 6) is 0.596. The third-order valence-electron chi connectivity index (χ3n) is 4.40. The Hall–Kier alpha value is -1.58. The molecule has 4 nitrogen and oxygen atoms in total. The zero-order chi connectivity index (χ0) is 15.4. The molecule has 0 radical (unpaired) electrons. The van der Waals surface area contributed by atoms with Crippen molar-refractivity contribution in [3.8, 4) is 0 Å². The number of hydrogen-bond acceptors (Lipinski definition) is 4. The highest BCUT2D eigenvalue weighted by molar-refractivity contribution is 5.79. The first-order chi connectivity index (χ1) is 9.97. The van der Waals surface area contributed by atoms with E-state index >= 15 is 0 Å². The van der Waals surface area contributed by atoms with Crippen molar-refractivity contribution in [2.24, 2.45) is 11.8 Å². The van der Waals surface area contributed by atoms with E-state index in [0.29, 0.717) is 5.92 Å². The van der Waals surface area contributed by atoms with Crippen LogP contribution in [0.15, 0.2) is 22.8 Å². The highest BCUT2D eigenvalue weighted by Gasteiger charge is 2.31. The monoisotopic (exact) mass is 292 g/mol. The van der Waals surface area contributed by atoms with E-state index < -0.39 is 12.1 Å². The lowest BCUT2D eigenvalue weighted by Gasteiger charge is -2.29. The number of ether oxygens (including phenoxy) is 2. The van der Waals surface area contributed by atoms with Crippen molar-refractivity contribution in [1.82, 2.24) is 0 Å². The second-order valence-corrected chi connectivity index (χ2v) is 6.15. The van der Waals surface area contributed by atoms with Gasteiger partial charge in [0.1, 0.15) is 6.61 Å². The lowest BCUT2D eigenvalue weighted by molar-refractivity contribution is -0.137. The molecular formula is C17H24O4. The Balaban J connectivity index is 1.93. The molecule has 1 fully saturated rings. The first kappa shape index (κ1) is 15.8. The number of carbonyl (C=O) groups excluding carboxylic acids is 2. The van der Waals surface area contributed by atoms with E-state index in [-0.39, 0.29) is 6.61 Å². The molecule has 0 aromatic carbocycles. The van der Waals surface area contributed by atoms with Gasteiger partial charge in [0.25, 0.3) is 0 Å². The predicted molar refractivity (Wildman–Crippen MR) is 79.6 cm³/mol. The summed E-state index contributed by atoms with van der Waals surface area (Å²) >= 11 is 0. The molecular weight excluding hydrogens is 268 g/mol. The summed E-state index contributed by atoms with van der Waals surface area (Å²) in [5.41, 5.74) is 4.17. The molecule has 0 aliphatic heterocycles. The normalized spacial score (nSPS) is 25.6. The molecule has 2 unspecified atom stereocenters. The first-order valence-corrected chi connectivity index (χ1v) is 7.69. The van der Waals surface area contributed by atoms with Gasteiger partial charge in [0.2, 0.25) is 0 Å². The fourth-order valence-corrected chi connectivity index (χ4v) is 3.58. The van der Waals surface area contributed by atoms with Gasteiger partial charge in [-0.2, -0.15) is 0 Å². The van der Waals surface area contributed by atoms with E-state index in [0.717, 1.165) is 11.5 Å². The average molecular weight is 292 g/mol. The molecule has 0 heterocycles. The van der Waals surface area contributed by atoms with Crippen LogP contribution in [-0.4, -0.2) is 18.7 Å². The van der Waals surface area contributed by atoms with Gasteiger partial charge in [0.05, 0.1) is 0 Å². The van der Waals surface area contributed by atoms with Crippen LogP contribution in [-0.2, 0) is 14.3 Å². The zero-order valence-electron chi connectivity index (χ0n) is 13.1. The van der Waals surface area contributed by atoms with Crippen molar-refractivity contribution in [2.45, 2.75) is 52.9 Å². The second kappa shape index (κ2) is 6.92. The minimum atomic E-state index is -0.923. The summed E-state index contributed by atoms with van der Waals surface area (Å²) < 4.78 is 9.27. The van der Waals surface area contributed by atoms with Crippen molar-refractivity contribution >= 4 is 12.1 Å². The molecule has 2 atom stereocenters. The van der Waals surface area contributed by atoms with Crippen molar-refractivity contribution < 1.29 is 19.1 Å². The van der Waals surface area contributed by atoms with Gasteiger partial charge < -0.3 is 9.47 Å². The molecule has 0 saturated heterocycles. The van der Waals surface area contributed by atoms with Crippen molar-refractivity contribution in [2.75, 3.05) is 6.61 Å². The Labute approximate surface area is 126 Å². The number of carbonyl (C=O) groups is 2. The molecule has 1 saturated carbocycles. The molecule has 2 aliphatic carbocycles. The summed E-state index contributed by atoms with van der Waals surface area (Å²) in [6.45, 7) is 5.56. The summed E-state index contributed by atoms with van der Waals surface area (Å²) in [5, 5.41) is 0. The van der Waals surface area contributed by atoms with Crippen molar-refractivity contribution in [3.63, 3.8) is 0 Å². The number of esters is 1. The maximum Gasteiger partial charge on any atom is 0.516 e. The molecule has 0 amide bonds. The number of allylic oxidation sites excluding steroid dienone is 3. The van der Waals surface area contributed by atoms with Crippen LogP contribution in [0.25, 0.3) is 0 Å². The molecule has 0 aromatic rings. The SMILES string of the molecule is CC(=O)OC(=O)OCC(C)=CC1CCCC2CCC(C)=C12. The van der Waals surface area contributed by atoms with E-state index in [2.05, 4.69) is 17.7 Å². The minimum Gasteiger partial charge on any atom is -0.429 e. The Bertz CT molecular complexity index is 487. The fourth-order valence-electron chi connectivity index (χ4n) is 3.58. The molecule has 116 valence electrons. The average Bonchev–Trinajstić information content (AvgIpc) is 2.79. The number of fused-ring (bicyclic) bond motifs is 1. The van der Waals surface area contributed by atoms with Crippen LogP contribution in [0.2, 0.25) is 0 Å². The van der Waals surface area contributed by atoms with Gasteiger partial charge in [0, 0.05) is 6.92 Å². The Morgan fingerprint density at radius 1 is 1.24 bits per heavy atom. The van der Waals surface area contributed by atoms with Gasteiger partial charge in [-0.1, -0.05) is 23.6 Å². The Kier molecular flexibility index (Phi) is 5.21. The quantitative estimate of drug-likeness (QED) is 0.445. The standard InChI is InChI=1S/C17H24O4/c1-11(10-20-17(19)21-13(3)18)9-15-6-4-5-14-8-7-12(2)16(14)15/h9,14-15H,4-8,10H2,1-3H3. The van der Waals surface area contributed by atoms with Crippen LogP contribution in [0.5, 0.6) is 0 Å². The molecule has 0 bridgehead atoms. The van der Waals surface area contributed by atoms with Gasteiger partial charge >= 0.3 is 12.1 Å². The number of hydrogen-bond donors (Lipinski definition) is 0. The molecule has 0 aromatic heterocycles. The molecule has 0 N–H and O–H groups in total. The summed E-state index contributed by atoms with van der Waals surface area (Å²) in [7, 11) is 0. The molecule has 2 aliphatic rings. The maximum absolute atomic E-state index is 11.2. The van der Waals surface area contributed by atoms with Crippen molar-refractivity contribution in [1.29, 1.82) is 0 Å². The van der Waals surface area contributed by atoms with E-state index in [9.17, 15) is 9.59 Å². The topological polar surface area (TPSA) is 52.6 Å². The van der Waals surface area contributed by atoms with Crippen LogP contribution in [0.1, 0.15) is 52.9 Å². The summed E-state index contributed by atoms with van der Waals surface area (Å²) in [6, 6.07) is 0. The van der Waals surface area contributed by atoms with Gasteiger partial charge in [-0.25, -0.2) is 4.79 Å². The summed E-state index contributed by atoms with van der Waals surface area (Å²) in [6.07, 6.45) is 7.58. The van der Waals surface area contributed by atoms with Gasteiger partial charge in [0.15, 0.2) is 0 Å². The molecule has 0 spiro atoms. The van der Waals surface area contributed by atoms with Crippen LogP contribution in [0.3, 0.4) is 0 Å². The van der Waals surface area contributed by atoms with Crippen LogP contribution < -0.4 is 0 Å². The van der Waals surface area contributed by atoms with E-state index in [1.165, 1.54) is 39.0 Å². The third-order valence-corrected chi connectivity index (χ3v) is 4.40. The van der Waals surface area contributed by atoms with Gasteiger partial charge in [-0.15, -0.1) is 0 Å². The van der Waals surface area contributed by atoms with Crippen LogP contribution in [0, 0.1) is 11.8 Å². The predicted octanol–water partition coefficient (Wildman–Crippen LogP) is 4.16. The zero-order valence-corrected chi connectivity index (χ0v) is 13.1. The van der Waals surface area contributed by atoms with Crippen LogP contribution >= 0.6 is 0 Å². The lowest BCUT2D eigenvalue weighted by Crippen LogP contribution is -2.17. The highest BCUT2D eigenvalue weighted by Crippen LogP contribution is 2.45. The fraction of sp³-hybridized carbons (Fsp3) is 0.647. The molecule has 4 heteroatoms. The smallest absolute Gasteiger partial charge is 0.429 e. The van der Waals surface area contributed by atoms with Gasteiger partial charge in [-0.05, 0) is 56.9 Å². The largest absolute Gasteiger partial charge is 0.516 e. The maximum atomic E-state index is 11.2. The van der Waals surface area contributed by atoms with Gasteiger partial charge in [-0.3, -0.25) is 4.79 Å². The van der Waals surface area contributed by atoms with E-state index in [1.54, 1.807) is 11.1 Å². The van der Waals surface area contributed by atoms with E-state index in [4.69, 9.17) is 4.74 Å². The summed E-state index contributed by atoms with van der Waals surface area (Å²) in [4.78, 5) is 21.8. The molecule has 2 rings (SSSR count). The van der Waals surface area contributed by atoms with E-state index in [1.807, 2.05) is 6.92 Å². The number of rotatable bonds is 3. The highest BCUT2D eigenvalue weighted by atomic mass is 16.7. The Morgan fingerprint density at radius 3 is 2.71 bits per heavy atom.